The summed E-state index contributed by atoms with van der Waals surface area (Å²) in [6.45, 7) is 1.91. The first kappa shape index (κ1) is 17.9. The van der Waals surface area contributed by atoms with Gasteiger partial charge in [-0.15, -0.1) is 0 Å². The van der Waals surface area contributed by atoms with Gasteiger partial charge in [0.15, 0.2) is 0 Å². The lowest BCUT2D eigenvalue weighted by molar-refractivity contribution is -0.126. The predicted molar refractivity (Wildman–Crippen MR) is 98.7 cm³/mol. The summed E-state index contributed by atoms with van der Waals surface area (Å²) in [7, 11) is 0. The Labute approximate surface area is 152 Å². The summed E-state index contributed by atoms with van der Waals surface area (Å²) in [5, 5.41) is 2.89. The van der Waals surface area contributed by atoms with Crippen molar-refractivity contribution in [2.24, 2.45) is 5.92 Å². The number of nitrogens with one attached hydrogen (secondary N) is 1. The molecule has 0 unspecified atom stereocenters. The molecule has 3 rings (SSSR count). The molecule has 136 valence electrons. The molecule has 26 heavy (non-hydrogen) atoms. The van der Waals surface area contributed by atoms with E-state index in [0.717, 1.165) is 17.0 Å². The molecule has 1 amide bonds. The molecule has 1 fully saturated rings. The van der Waals surface area contributed by atoms with Crippen LogP contribution in [0.2, 0.25) is 0 Å². The van der Waals surface area contributed by atoms with Crippen molar-refractivity contribution in [3.63, 3.8) is 0 Å². The van der Waals surface area contributed by atoms with Crippen molar-refractivity contribution >= 4 is 17.5 Å². The van der Waals surface area contributed by atoms with Crippen LogP contribution in [0.25, 0.3) is 0 Å². The van der Waals surface area contributed by atoms with Crippen molar-refractivity contribution in [1.29, 1.82) is 0 Å². The Hall–Kier alpha value is -2.89. The third kappa shape index (κ3) is 4.81. The maximum Gasteiger partial charge on any atom is 0.223 e. The van der Waals surface area contributed by atoms with E-state index < -0.39 is 0 Å². The summed E-state index contributed by atoms with van der Waals surface area (Å²) < 4.78 is 5.78. The minimum Gasteiger partial charge on any atom is -0.491 e. The van der Waals surface area contributed by atoms with Crippen LogP contribution >= 0.6 is 0 Å². The van der Waals surface area contributed by atoms with E-state index in [0.29, 0.717) is 31.7 Å². The fourth-order valence-electron chi connectivity index (χ4n) is 3.17. The van der Waals surface area contributed by atoms with Gasteiger partial charge >= 0.3 is 0 Å². The SMILES string of the molecule is CC(=O)C[C@@H]1C[C@@H](COc2ccc(Cc3cccc(N)n3)cc2)NC1=O. The van der Waals surface area contributed by atoms with Crippen LogP contribution in [0.5, 0.6) is 5.75 Å². The van der Waals surface area contributed by atoms with Gasteiger partial charge < -0.3 is 20.6 Å². The zero-order chi connectivity index (χ0) is 18.5. The number of anilines is 1. The number of rotatable bonds is 7. The lowest BCUT2D eigenvalue weighted by atomic mass is 9.99. The number of aromatic nitrogens is 1. The second-order valence-corrected chi connectivity index (χ2v) is 6.73. The number of Topliss-reactive ketones (excluding diaryl/α,β-unsaturated/α-hetero) is 1. The molecule has 3 N–H and O–H groups in total. The normalized spacial score (nSPS) is 19.2. The highest BCUT2D eigenvalue weighted by Crippen LogP contribution is 2.21. The van der Waals surface area contributed by atoms with Gasteiger partial charge in [-0.3, -0.25) is 4.79 Å². The van der Waals surface area contributed by atoms with Crippen LogP contribution < -0.4 is 15.8 Å². The number of ether oxygens (including phenoxy) is 1. The molecule has 2 atom stereocenters. The Balaban J connectivity index is 1.50. The molecule has 0 bridgehead atoms. The van der Waals surface area contributed by atoms with Gasteiger partial charge in [0.25, 0.3) is 0 Å². The number of nitrogens with zero attached hydrogens (tertiary/aromatic N) is 1. The first-order valence-electron chi connectivity index (χ1n) is 8.72. The highest BCUT2D eigenvalue weighted by atomic mass is 16.5. The summed E-state index contributed by atoms with van der Waals surface area (Å²) in [4.78, 5) is 27.3. The van der Waals surface area contributed by atoms with E-state index >= 15 is 0 Å². The lowest BCUT2D eigenvalue weighted by Gasteiger charge is -2.12. The molecule has 0 aliphatic carbocycles. The first-order valence-corrected chi connectivity index (χ1v) is 8.72. The van der Waals surface area contributed by atoms with E-state index in [1.807, 2.05) is 36.4 Å². The quantitative estimate of drug-likeness (QED) is 0.795. The van der Waals surface area contributed by atoms with E-state index in [1.165, 1.54) is 6.92 Å². The molecule has 1 saturated heterocycles. The Bertz CT molecular complexity index is 789. The zero-order valence-electron chi connectivity index (χ0n) is 14.8. The van der Waals surface area contributed by atoms with Crippen LogP contribution in [0, 0.1) is 5.92 Å². The van der Waals surface area contributed by atoms with E-state index in [2.05, 4.69) is 10.3 Å². The molecule has 6 nitrogen and oxygen atoms in total. The summed E-state index contributed by atoms with van der Waals surface area (Å²) in [5.41, 5.74) is 7.74. The van der Waals surface area contributed by atoms with Gasteiger partial charge in [0.2, 0.25) is 5.91 Å². The van der Waals surface area contributed by atoms with Gasteiger partial charge in [0, 0.05) is 24.5 Å². The minimum absolute atomic E-state index is 0.0389. The van der Waals surface area contributed by atoms with Gasteiger partial charge in [-0.05, 0) is 43.2 Å². The second-order valence-electron chi connectivity index (χ2n) is 6.73. The number of pyridine rings is 1. The highest BCUT2D eigenvalue weighted by Gasteiger charge is 2.32. The standard InChI is InChI=1S/C20H23N3O3/c1-13(24)9-15-11-17(23-20(15)25)12-26-18-7-5-14(6-8-18)10-16-3-2-4-19(21)22-16/h2-8,15,17H,9-12H2,1H3,(H2,21,22)(H,23,25)/t15-,17+/m1/s1. The van der Waals surface area contributed by atoms with Crippen LogP contribution in [-0.4, -0.2) is 29.3 Å². The van der Waals surface area contributed by atoms with E-state index in [-0.39, 0.29) is 23.7 Å². The van der Waals surface area contributed by atoms with Crippen LogP contribution in [0.1, 0.15) is 31.0 Å². The Morgan fingerprint density at radius 2 is 2.04 bits per heavy atom. The van der Waals surface area contributed by atoms with Crippen molar-refractivity contribution in [2.45, 2.75) is 32.2 Å². The highest BCUT2D eigenvalue weighted by molar-refractivity contribution is 5.87. The molecule has 1 aliphatic rings. The van der Waals surface area contributed by atoms with E-state index in [4.69, 9.17) is 10.5 Å². The fraction of sp³-hybridized carbons (Fsp3) is 0.350. The summed E-state index contributed by atoms with van der Waals surface area (Å²) in [5.74, 6) is 1.02. The molecule has 2 heterocycles. The van der Waals surface area contributed by atoms with Gasteiger partial charge in [-0.2, -0.15) is 0 Å². The molecule has 1 aromatic heterocycles. The molecule has 1 aromatic carbocycles. The Morgan fingerprint density at radius 3 is 2.73 bits per heavy atom. The topological polar surface area (TPSA) is 94.3 Å². The number of hydrogen-bond acceptors (Lipinski definition) is 5. The number of benzene rings is 1. The zero-order valence-corrected chi connectivity index (χ0v) is 14.8. The molecule has 6 heteroatoms. The van der Waals surface area contributed by atoms with Crippen molar-refractivity contribution in [3.8, 4) is 5.75 Å². The maximum atomic E-state index is 11.8. The molecule has 2 aromatic rings. The van der Waals surface area contributed by atoms with Crippen LogP contribution in [0.3, 0.4) is 0 Å². The van der Waals surface area contributed by atoms with Crippen molar-refractivity contribution in [1.82, 2.24) is 10.3 Å². The average Bonchev–Trinajstić information content (AvgIpc) is 2.93. The minimum atomic E-state index is -0.228. The molecular formula is C20H23N3O3. The van der Waals surface area contributed by atoms with Gasteiger partial charge in [-0.25, -0.2) is 4.98 Å². The van der Waals surface area contributed by atoms with Crippen LogP contribution in [0.15, 0.2) is 42.5 Å². The monoisotopic (exact) mass is 353 g/mol. The number of amides is 1. The van der Waals surface area contributed by atoms with Gasteiger partial charge in [0.1, 0.15) is 24.0 Å². The summed E-state index contributed by atoms with van der Waals surface area (Å²) >= 11 is 0. The molecule has 0 spiro atoms. The third-order valence-electron chi connectivity index (χ3n) is 4.41. The summed E-state index contributed by atoms with van der Waals surface area (Å²) in [6, 6.07) is 13.4. The number of ketones is 1. The number of carbonyl (C=O) groups is 2. The first-order chi connectivity index (χ1) is 12.5. The summed E-state index contributed by atoms with van der Waals surface area (Å²) in [6.07, 6.45) is 1.64. The smallest absolute Gasteiger partial charge is 0.223 e. The molecule has 1 aliphatic heterocycles. The van der Waals surface area contributed by atoms with Gasteiger partial charge in [-0.1, -0.05) is 18.2 Å². The maximum absolute atomic E-state index is 11.8. The molecular weight excluding hydrogens is 330 g/mol. The van der Waals surface area contributed by atoms with Crippen molar-refractivity contribution in [2.75, 3.05) is 12.3 Å². The van der Waals surface area contributed by atoms with Crippen molar-refractivity contribution < 1.29 is 14.3 Å². The number of nitrogens with two attached hydrogens (primary N) is 1. The van der Waals surface area contributed by atoms with E-state index in [1.54, 1.807) is 6.07 Å². The van der Waals surface area contributed by atoms with Crippen molar-refractivity contribution in [3.05, 3.63) is 53.7 Å². The second kappa shape index (κ2) is 7.99. The molecule has 0 radical (unpaired) electrons. The number of carbonyl (C=O) groups excluding carboxylic acids is 2. The average molecular weight is 353 g/mol. The third-order valence-corrected chi connectivity index (χ3v) is 4.41. The Kier molecular flexibility index (Phi) is 5.51. The van der Waals surface area contributed by atoms with Gasteiger partial charge in [0.05, 0.1) is 6.04 Å². The van der Waals surface area contributed by atoms with Crippen LogP contribution in [-0.2, 0) is 16.0 Å². The predicted octanol–water partition coefficient (Wildman–Crippen LogP) is 2.12. The molecule has 0 saturated carbocycles. The number of hydrogen-bond donors (Lipinski definition) is 2. The largest absolute Gasteiger partial charge is 0.491 e. The lowest BCUT2D eigenvalue weighted by Crippen LogP contribution is -2.31. The Morgan fingerprint density at radius 1 is 1.27 bits per heavy atom. The van der Waals surface area contributed by atoms with Crippen LogP contribution in [0.4, 0.5) is 5.82 Å². The van der Waals surface area contributed by atoms with E-state index in [9.17, 15) is 9.59 Å². The fourth-order valence-corrected chi connectivity index (χ4v) is 3.17. The number of nitrogen functional groups attached to an aromatic ring is 1.